The first-order valence-corrected chi connectivity index (χ1v) is 7.21. The van der Waals surface area contributed by atoms with Crippen molar-refractivity contribution in [2.24, 2.45) is 0 Å². The molecule has 0 saturated carbocycles. The molecule has 0 amide bonds. The van der Waals surface area contributed by atoms with Crippen LogP contribution in [0.4, 0.5) is 4.39 Å². The SMILES string of the molecule is CNC(Cc1ccc(Cl)cc1Cl)c1cccc(Cl)c1F. The Morgan fingerprint density at radius 3 is 2.50 bits per heavy atom. The molecule has 2 aromatic carbocycles. The third-order valence-electron chi connectivity index (χ3n) is 3.14. The van der Waals surface area contributed by atoms with Crippen molar-refractivity contribution in [2.75, 3.05) is 7.05 Å². The summed E-state index contributed by atoms with van der Waals surface area (Å²) < 4.78 is 14.1. The zero-order valence-electron chi connectivity index (χ0n) is 10.8. The van der Waals surface area contributed by atoms with Gasteiger partial charge >= 0.3 is 0 Å². The third-order valence-corrected chi connectivity index (χ3v) is 4.02. The highest BCUT2D eigenvalue weighted by Gasteiger charge is 2.17. The summed E-state index contributed by atoms with van der Waals surface area (Å²) in [4.78, 5) is 0. The van der Waals surface area contributed by atoms with Gasteiger partial charge in [-0.2, -0.15) is 0 Å². The van der Waals surface area contributed by atoms with E-state index in [-0.39, 0.29) is 11.1 Å². The molecule has 0 aliphatic rings. The maximum absolute atomic E-state index is 14.1. The zero-order chi connectivity index (χ0) is 14.7. The van der Waals surface area contributed by atoms with E-state index in [1.807, 2.05) is 6.07 Å². The number of hydrogen-bond acceptors (Lipinski definition) is 1. The van der Waals surface area contributed by atoms with Gasteiger partial charge in [-0.15, -0.1) is 0 Å². The monoisotopic (exact) mass is 331 g/mol. The van der Waals surface area contributed by atoms with Crippen LogP contribution in [0.25, 0.3) is 0 Å². The summed E-state index contributed by atoms with van der Waals surface area (Å²) in [5, 5.41) is 4.35. The molecule has 0 aromatic heterocycles. The van der Waals surface area contributed by atoms with Crippen molar-refractivity contribution in [1.82, 2.24) is 5.32 Å². The zero-order valence-corrected chi connectivity index (χ0v) is 13.0. The lowest BCUT2D eigenvalue weighted by molar-refractivity contribution is 0.534. The van der Waals surface area contributed by atoms with E-state index in [9.17, 15) is 4.39 Å². The molecule has 0 aliphatic carbocycles. The van der Waals surface area contributed by atoms with Crippen molar-refractivity contribution >= 4 is 34.8 Å². The maximum atomic E-state index is 14.1. The van der Waals surface area contributed by atoms with Gasteiger partial charge in [-0.05, 0) is 37.2 Å². The van der Waals surface area contributed by atoms with Crippen LogP contribution in [-0.2, 0) is 6.42 Å². The van der Waals surface area contributed by atoms with E-state index in [1.165, 1.54) is 6.07 Å². The topological polar surface area (TPSA) is 12.0 Å². The van der Waals surface area contributed by atoms with Crippen LogP contribution >= 0.6 is 34.8 Å². The van der Waals surface area contributed by atoms with Gasteiger partial charge < -0.3 is 5.32 Å². The van der Waals surface area contributed by atoms with Crippen LogP contribution < -0.4 is 5.32 Å². The molecule has 0 aliphatic heterocycles. The molecule has 20 heavy (non-hydrogen) atoms. The summed E-state index contributed by atoms with van der Waals surface area (Å²) in [6.45, 7) is 0. The van der Waals surface area contributed by atoms with Crippen LogP contribution in [-0.4, -0.2) is 7.05 Å². The van der Waals surface area contributed by atoms with E-state index < -0.39 is 5.82 Å². The van der Waals surface area contributed by atoms with Crippen LogP contribution in [0.3, 0.4) is 0 Å². The first kappa shape index (κ1) is 15.6. The Bertz CT molecular complexity index is 616. The number of benzene rings is 2. The van der Waals surface area contributed by atoms with Crippen LogP contribution in [0.5, 0.6) is 0 Å². The minimum atomic E-state index is -0.404. The fraction of sp³-hybridized carbons (Fsp3) is 0.200. The van der Waals surface area contributed by atoms with Crippen LogP contribution in [0, 0.1) is 5.82 Å². The standard InChI is InChI=1S/C15H13Cl3FN/c1-20-14(11-3-2-4-12(17)15(11)19)7-9-5-6-10(16)8-13(9)18/h2-6,8,14,20H,7H2,1H3. The second kappa shape index (κ2) is 6.77. The molecule has 1 nitrogen and oxygen atoms in total. The van der Waals surface area contributed by atoms with E-state index in [4.69, 9.17) is 34.8 Å². The highest BCUT2D eigenvalue weighted by molar-refractivity contribution is 6.35. The minimum Gasteiger partial charge on any atom is -0.313 e. The summed E-state index contributed by atoms with van der Waals surface area (Å²) in [5.41, 5.74) is 1.42. The number of hydrogen-bond donors (Lipinski definition) is 1. The summed E-state index contributed by atoms with van der Waals surface area (Å²) >= 11 is 17.9. The fourth-order valence-electron chi connectivity index (χ4n) is 2.06. The summed E-state index contributed by atoms with van der Waals surface area (Å²) in [5.74, 6) is -0.404. The largest absolute Gasteiger partial charge is 0.313 e. The van der Waals surface area contributed by atoms with Gasteiger partial charge in [-0.3, -0.25) is 0 Å². The number of nitrogens with one attached hydrogen (secondary N) is 1. The number of rotatable bonds is 4. The summed E-state index contributed by atoms with van der Waals surface area (Å²) in [7, 11) is 1.77. The second-order valence-corrected chi connectivity index (χ2v) is 5.67. The van der Waals surface area contributed by atoms with E-state index in [0.29, 0.717) is 22.0 Å². The van der Waals surface area contributed by atoms with Crippen molar-refractivity contribution in [3.63, 3.8) is 0 Å². The van der Waals surface area contributed by atoms with Gasteiger partial charge in [0.15, 0.2) is 0 Å². The summed E-state index contributed by atoms with van der Waals surface area (Å²) in [6, 6.07) is 10.1. The van der Waals surface area contributed by atoms with Crippen molar-refractivity contribution in [3.8, 4) is 0 Å². The highest BCUT2D eigenvalue weighted by Crippen LogP contribution is 2.29. The average molecular weight is 333 g/mol. The molecule has 0 fully saturated rings. The fourth-order valence-corrected chi connectivity index (χ4v) is 2.73. The lowest BCUT2D eigenvalue weighted by atomic mass is 9.98. The van der Waals surface area contributed by atoms with E-state index in [0.717, 1.165) is 5.56 Å². The average Bonchev–Trinajstić information content (AvgIpc) is 2.42. The maximum Gasteiger partial charge on any atom is 0.146 e. The minimum absolute atomic E-state index is 0.116. The van der Waals surface area contributed by atoms with Gasteiger partial charge in [0.05, 0.1) is 5.02 Å². The molecule has 0 spiro atoms. The smallest absolute Gasteiger partial charge is 0.146 e. The highest BCUT2D eigenvalue weighted by atomic mass is 35.5. The van der Waals surface area contributed by atoms with Gasteiger partial charge in [0.1, 0.15) is 5.82 Å². The molecular formula is C15H13Cl3FN. The first-order valence-electron chi connectivity index (χ1n) is 6.08. The van der Waals surface area contributed by atoms with Gasteiger partial charge in [0, 0.05) is 21.7 Å². The van der Waals surface area contributed by atoms with Gasteiger partial charge in [-0.1, -0.05) is 53.0 Å². The molecule has 106 valence electrons. The number of halogens is 4. The van der Waals surface area contributed by atoms with E-state index in [2.05, 4.69) is 5.32 Å². The van der Waals surface area contributed by atoms with Gasteiger partial charge in [-0.25, -0.2) is 4.39 Å². The Kier molecular flexibility index (Phi) is 5.28. The van der Waals surface area contributed by atoms with E-state index in [1.54, 1.807) is 31.3 Å². The predicted molar refractivity (Wildman–Crippen MR) is 83.4 cm³/mol. The molecule has 0 saturated heterocycles. The molecule has 1 atom stereocenters. The lowest BCUT2D eigenvalue weighted by Gasteiger charge is -2.18. The predicted octanol–water partition coefficient (Wildman–Crippen LogP) is 5.29. The van der Waals surface area contributed by atoms with Crippen molar-refractivity contribution in [3.05, 3.63) is 68.4 Å². The molecule has 0 radical (unpaired) electrons. The van der Waals surface area contributed by atoms with E-state index >= 15 is 0 Å². The Morgan fingerprint density at radius 2 is 1.85 bits per heavy atom. The Labute approximate surface area is 132 Å². The Balaban J connectivity index is 2.31. The second-order valence-electron chi connectivity index (χ2n) is 4.42. The molecule has 1 unspecified atom stereocenters. The Morgan fingerprint density at radius 1 is 1.10 bits per heavy atom. The van der Waals surface area contributed by atoms with Crippen LogP contribution in [0.15, 0.2) is 36.4 Å². The molecule has 2 rings (SSSR count). The van der Waals surface area contributed by atoms with Crippen molar-refractivity contribution < 1.29 is 4.39 Å². The molecular weight excluding hydrogens is 320 g/mol. The molecule has 0 bridgehead atoms. The normalized spacial score (nSPS) is 12.4. The quantitative estimate of drug-likeness (QED) is 0.802. The van der Waals surface area contributed by atoms with Gasteiger partial charge in [0.2, 0.25) is 0 Å². The van der Waals surface area contributed by atoms with Crippen LogP contribution in [0.2, 0.25) is 15.1 Å². The lowest BCUT2D eigenvalue weighted by Crippen LogP contribution is -2.20. The van der Waals surface area contributed by atoms with Crippen molar-refractivity contribution in [1.29, 1.82) is 0 Å². The number of likely N-dealkylation sites (N-methyl/N-ethyl adjacent to an activating group) is 1. The molecule has 2 aromatic rings. The van der Waals surface area contributed by atoms with Gasteiger partial charge in [0.25, 0.3) is 0 Å². The molecule has 1 N–H and O–H groups in total. The molecule has 0 heterocycles. The summed E-state index contributed by atoms with van der Waals surface area (Å²) in [6.07, 6.45) is 0.545. The molecule has 5 heteroatoms. The van der Waals surface area contributed by atoms with Crippen molar-refractivity contribution in [2.45, 2.75) is 12.5 Å². The van der Waals surface area contributed by atoms with Crippen LogP contribution in [0.1, 0.15) is 17.2 Å². The third kappa shape index (κ3) is 3.44. The Hall–Kier alpha value is -0.800. The first-order chi connectivity index (χ1) is 9.52.